The van der Waals surface area contributed by atoms with Crippen LogP contribution in [0.1, 0.15) is 5.56 Å². The van der Waals surface area contributed by atoms with Gasteiger partial charge in [-0.25, -0.2) is 8.78 Å². The van der Waals surface area contributed by atoms with E-state index in [1.807, 2.05) is 0 Å². The van der Waals surface area contributed by atoms with Crippen LogP contribution in [0.25, 0.3) is 0 Å². The third kappa shape index (κ3) is 2.19. The number of likely N-dealkylation sites (tertiary alicyclic amines) is 1. The molecule has 2 saturated heterocycles. The Morgan fingerprint density at radius 3 is 2.56 bits per heavy atom. The lowest BCUT2D eigenvalue weighted by Crippen LogP contribution is -2.26. The van der Waals surface area contributed by atoms with Gasteiger partial charge in [0.15, 0.2) is 0 Å². The molecule has 2 aliphatic rings. The van der Waals surface area contributed by atoms with Gasteiger partial charge in [0.25, 0.3) is 0 Å². The summed E-state index contributed by atoms with van der Waals surface area (Å²) in [5, 5.41) is 3.36. The molecule has 2 nitrogen and oxygen atoms in total. The van der Waals surface area contributed by atoms with Crippen molar-refractivity contribution in [2.45, 2.75) is 6.54 Å². The number of hydrogen-bond donors (Lipinski definition) is 1. The number of benzene rings is 1. The fourth-order valence-electron chi connectivity index (χ4n) is 3.02. The summed E-state index contributed by atoms with van der Waals surface area (Å²) in [6, 6.07) is 2.73. The summed E-state index contributed by atoms with van der Waals surface area (Å²) in [7, 11) is 0. The van der Waals surface area contributed by atoms with Gasteiger partial charge in [0, 0.05) is 25.2 Å². The van der Waals surface area contributed by atoms with E-state index >= 15 is 0 Å². The van der Waals surface area contributed by atoms with Gasteiger partial charge in [0.1, 0.15) is 11.6 Å². The summed E-state index contributed by atoms with van der Waals surface area (Å²) in [6.45, 7) is 4.30. The zero-order valence-corrected chi connectivity index (χ0v) is 11.5. The lowest BCUT2D eigenvalue weighted by Gasteiger charge is -2.18. The number of hydrogen-bond acceptors (Lipinski definition) is 2. The summed E-state index contributed by atoms with van der Waals surface area (Å²) in [4.78, 5) is 2.16. The topological polar surface area (TPSA) is 15.3 Å². The van der Waals surface area contributed by atoms with Crippen LogP contribution in [-0.4, -0.2) is 31.1 Å². The molecular weight excluding hydrogens is 302 g/mol. The standard InChI is InChI=1S/C13H15BrF2N2/c14-11-1-2-12(15)10(13(11)16)7-18-5-8-3-17-4-9(8)6-18/h1-2,8-9,17H,3-7H2/t8-,9+. The van der Waals surface area contributed by atoms with Crippen molar-refractivity contribution in [1.82, 2.24) is 10.2 Å². The highest BCUT2D eigenvalue weighted by molar-refractivity contribution is 9.10. The quantitative estimate of drug-likeness (QED) is 0.843. The summed E-state index contributed by atoms with van der Waals surface area (Å²) in [5.41, 5.74) is 0.178. The largest absolute Gasteiger partial charge is 0.316 e. The maximum absolute atomic E-state index is 13.9. The third-order valence-corrected chi connectivity index (χ3v) is 4.60. The molecule has 0 spiro atoms. The van der Waals surface area contributed by atoms with E-state index in [0.29, 0.717) is 22.9 Å². The average Bonchev–Trinajstić information content (AvgIpc) is 2.90. The monoisotopic (exact) mass is 316 g/mol. The number of fused-ring (bicyclic) bond motifs is 1. The van der Waals surface area contributed by atoms with Crippen LogP contribution >= 0.6 is 15.9 Å². The Morgan fingerprint density at radius 2 is 1.89 bits per heavy atom. The summed E-state index contributed by atoms with van der Waals surface area (Å²) >= 11 is 3.11. The summed E-state index contributed by atoms with van der Waals surface area (Å²) < 4.78 is 27.9. The van der Waals surface area contributed by atoms with E-state index in [0.717, 1.165) is 26.2 Å². The highest BCUT2D eigenvalue weighted by atomic mass is 79.9. The second-order valence-electron chi connectivity index (χ2n) is 5.19. The van der Waals surface area contributed by atoms with Crippen molar-refractivity contribution in [2.75, 3.05) is 26.2 Å². The molecule has 0 bridgehead atoms. The predicted octanol–water partition coefficient (Wildman–Crippen LogP) is 2.38. The van der Waals surface area contributed by atoms with Gasteiger partial charge in [0.2, 0.25) is 0 Å². The average molecular weight is 317 g/mol. The van der Waals surface area contributed by atoms with Crippen LogP contribution in [0.4, 0.5) is 8.78 Å². The minimum Gasteiger partial charge on any atom is -0.316 e. The van der Waals surface area contributed by atoms with Crippen molar-refractivity contribution in [1.29, 1.82) is 0 Å². The fourth-order valence-corrected chi connectivity index (χ4v) is 3.39. The number of nitrogens with zero attached hydrogens (tertiary/aromatic N) is 1. The second-order valence-corrected chi connectivity index (χ2v) is 6.05. The Bertz CT molecular complexity index is 455. The molecule has 5 heteroatoms. The summed E-state index contributed by atoms with van der Waals surface area (Å²) in [6.07, 6.45) is 0. The van der Waals surface area contributed by atoms with E-state index in [9.17, 15) is 8.78 Å². The molecule has 2 heterocycles. The first-order valence-electron chi connectivity index (χ1n) is 6.20. The van der Waals surface area contributed by atoms with E-state index in [4.69, 9.17) is 0 Å². The van der Waals surface area contributed by atoms with Gasteiger partial charge in [-0.05, 0) is 53.0 Å². The van der Waals surface area contributed by atoms with Crippen LogP contribution in [0.2, 0.25) is 0 Å². The molecule has 98 valence electrons. The van der Waals surface area contributed by atoms with Crippen LogP contribution in [-0.2, 0) is 6.54 Å². The van der Waals surface area contributed by atoms with Crippen LogP contribution in [0.15, 0.2) is 16.6 Å². The van der Waals surface area contributed by atoms with E-state index < -0.39 is 11.6 Å². The van der Waals surface area contributed by atoms with Gasteiger partial charge in [0.05, 0.1) is 4.47 Å². The smallest absolute Gasteiger partial charge is 0.144 e. The van der Waals surface area contributed by atoms with Crippen LogP contribution in [0, 0.1) is 23.5 Å². The Hall–Kier alpha value is -0.520. The first-order valence-corrected chi connectivity index (χ1v) is 7.00. The fraction of sp³-hybridized carbons (Fsp3) is 0.538. The summed E-state index contributed by atoms with van der Waals surface area (Å²) in [5.74, 6) is 0.364. The zero-order valence-electron chi connectivity index (χ0n) is 9.93. The van der Waals surface area contributed by atoms with Gasteiger partial charge in [-0.1, -0.05) is 0 Å². The molecule has 1 aromatic rings. The van der Waals surface area contributed by atoms with Gasteiger partial charge in [-0.2, -0.15) is 0 Å². The lowest BCUT2D eigenvalue weighted by molar-refractivity contribution is 0.295. The van der Waals surface area contributed by atoms with Crippen LogP contribution in [0.3, 0.4) is 0 Å². The Balaban J connectivity index is 1.76. The zero-order chi connectivity index (χ0) is 12.7. The van der Waals surface area contributed by atoms with Gasteiger partial charge in [-0.3, -0.25) is 4.90 Å². The molecule has 0 unspecified atom stereocenters. The molecule has 2 fully saturated rings. The predicted molar refractivity (Wildman–Crippen MR) is 69.2 cm³/mol. The Kier molecular flexibility index (Phi) is 3.38. The third-order valence-electron chi connectivity index (χ3n) is 3.99. The molecule has 0 radical (unpaired) electrons. The van der Waals surface area contributed by atoms with Crippen molar-refractivity contribution in [3.05, 3.63) is 33.8 Å². The van der Waals surface area contributed by atoms with Crippen molar-refractivity contribution >= 4 is 15.9 Å². The maximum Gasteiger partial charge on any atom is 0.144 e. The van der Waals surface area contributed by atoms with E-state index in [-0.39, 0.29) is 5.56 Å². The molecule has 1 aromatic carbocycles. The van der Waals surface area contributed by atoms with Crippen molar-refractivity contribution in [3.8, 4) is 0 Å². The van der Waals surface area contributed by atoms with E-state index in [1.165, 1.54) is 12.1 Å². The van der Waals surface area contributed by atoms with Crippen LogP contribution in [0.5, 0.6) is 0 Å². The normalized spacial score (nSPS) is 27.7. The molecule has 0 saturated carbocycles. The molecule has 18 heavy (non-hydrogen) atoms. The minimum absolute atomic E-state index is 0.178. The number of halogens is 3. The molecular formula is C13H15BrF2N2. The first-order chi connectivity index (χ1) is 8.65. The molecule has 1 N–H and O–H groups in total. The minimum atomic E-state index is -0.467. The van der Waals surface area contributed by atoms with E-state index in [2.05, 4.69) is 26.1 Å². The van der Waals surface area contributed by atoms with Crippen molar-refractivity contribution in [3.63, 3.8) is 0 Å². The van der Waals surface area contributed by atoms with Crippen molar-refractivity contribution in [2.24, 2.45) is 11.8 Å². The lowest BCUT2D eigenvalue weighted by atomic mass is 10.0. The van der Waals surface area contributed by atoms with E-state index in [1.54, 1.807) is 0 Å². The molecule has 0 aromatic heterocycles. The maximum atomic E-state index is 13.9. The Labute approximate surface area is 113 Å². The molecule has 2 aliphatic heterocycles. The highest BCUT2D eigenvalue weighted by Crippen LogP contribution is 2.29. The SMILES string of the molecule is Fc1ccc(Br)c(F)c1CN1C[C@H]2CNC[C@H]2C1. The molecule has 2 atom stereocenters. The number of nitrogens with one attached hydrogen (secondary N) is 1. The molecule has 0 amide bonds. The first kappa shape index (κ1) is 12.5. The van der Waals surface area contributed by atoms with Crippen LogP contribution < -0.4 is 5.32 Å². The Morgan fingerprint density at radius 1 is 1.22 bits per heavy atom. The second kappa shape index (κ2) is 4.87. The number of rotatable bonds is 2. The van der Waals surface area contributed by atoms with Gasteiger partial charge < -0.3 is 5.32 Å². The highest BCUT2D eigenvalue weighted by Gasteiger charge is 2.36. The van der Waals surface area contributed by atoms with Gasteiger partial charge in [-0.15, -0.1) is 0 Å². The molecule has 3 rings (SSSR count). The molecule has 0 aliphatic carbocycles. The van der Waals surface area contributed by atoms with Gasteiger partial charge >= 0.3 is 0 Å². The van der Waals surface area contributed by atoms with Crippen molar-refractivity contribution < 1.29 is 8.78 Å².